The largest absolute Gasteiger partial charge is 0.494 e. The minimum atomic E-state index is -0.392. The first-order valence-corrected chi connectivity index (χ1v) is 8.99. The number of rotatable bonds is 7. The molecular formula is C19H21BrN2O3. The van der Waals surface area contributed by atoms with Gasteiger partial charge in [-0.25, -0.2) is 0 Å². The number of benzene rings is 2. The van der Waals surface area contributed by atoms with Gasteiger partial charge in [0.1, 0.15) is 5.75 Å². The fourth-order valence-electron chi connectivity index (χ4n) is 2.14. The Morgan fingerprint density at radius 2 is 1.64 bits per heavy atom. The molecule has 0 aliphatic heterocycles. The van der Waals surface area contributed by atoms with Gasteiger partial charge >= 0.3 is 0 Å². The van der Waals surface area contributed by atoms with E-state index in [1.54, 1.807) is 42.5 Å². The zero-order valence-corrected chi connectivity index (χ0v) is 15.6. The van der Waals surface area contributed by atoms with Crippen molar-refractivity contribution in [2.75, 3.05) is 6.61 Å². The standard InChI is InChI=1S/C19H21BrN2O3/c1-2-3-6-13-25-15-11-9-14(10-12-15)18(23)21-22-19(24)16-7-4-5-8-17(16)20/h4-5,7-12H,2-3,6,13H2,1H3,(H,21,23)(H,22,24). The normalized spacial score (nSPS) is 10.2. The second kappa shape index (κ2) is 9.84. The second-order valence-corrected chi connectivity index (χ2v) is 6.32. The average Bonchev–Trinajstić information content (AvgIpc) is 2.64. The highest BCUT2D eigenvalue weighted by molar-refractivity contribution is 9.10. The summed E-state index contributed by atoms with van der Waals surface area (Å²) in [6.45, 7) is 2.81. The van der Waals surface area contributed by atoms with E-state index in [1.807, 2.05) is 6.07 Å². The summed E-state index contributed by atoms with van der Waals surface area (Å²) in [4.78, 5) is 24.1. The lowest BCUT2D eigenvalue weighted by Crippen LogP contribution is -2.41. The molecule has 0 bridgehead atoms. The first kappa shape index (κ1) is 19.0. The molecular weight excluding hydrogens is 384 g/mol. The van der Waals surface area contributed by atoms with Crippen LogP contribution in [0, 0.1) is 0 Å². The van der Waals surface area contributed by atoms with Crippen LogP contribution in [0.1, 0.15) is 46.9 Å². The van der Waals surface area contributed by atoms with Crippen LogP contribution in [0.15, 0.2) is 53.0 Å². The van der Waals surface area contributed by atoms with Crippen molar-refractivity contribution in [3.05, 3.63) is 64.1 Å². The predicted molar refractivity (Wildman–Crippen MR) is 101 cm³/mol. The van der Waals surface area contributed by atoms with Gasteiger partial charge < -0.3 is 4.74 Å². The van der Waals surface area contributed by atoms with E-state index in [-0.39, 0.29) is 0 Å². The molecule has 0 unspecified atom stereocenters. The average molecular weight is 405 g/mol. The quantitative estimate of drug-likeness (QED) is 0.539. The first-order chi connectivity index (χ1) is 12.1. The van der Waals surface area contributed by atoms with E-state index >= 15 is 0 Å². The van der Waals surface area contributed by atoms with Crippen LogP contribution >= 0.6 is 15.9 Å². The molecule has 0 fully saturated rings. The van der Waals surface area contributed by atoms with Crippen molar-refractivity contribution < 1.29 is 14.3 Å². The highest BCUT2D eigenvalue weighted by Crippen LogP contribution is 2.15. The van der Waals surface area contributed by atoms with E-state index in [0.717, 1.165) is 25.0 Å². The van der Waals surface area contributed by atoms with Gasteiger partial charge in [-0.15, -0.1) is 0 Å². The highest BCUT2D eigenvalue weighted by Gasteiger charge is 2.11. The fraction of sp³-hybridized carbons (Fsp3) is 0.263. The molecule has 0 aliphatic carbocycles. The molecule has 2 N–H and O–H groups in total. The Morgan fingerprint density at radius 1 is 0.960 bits per heavy atom. The number of halogens is 1. The van der Waals surface area contributed by atoms with Crippen LogP contribution in [0.3, 0.4) is 0 Å². The summed E-state index contributed by atoms with van der Waals surface area (Å²) in [6, 6.07) is 13.8. The molecule has 0 saturated carbocycles. The summed E-state index contributed by atoms with van der Waals surface area (Å²) >= 11 is 3.30. The fourth-order valence-corrected chi connectivity index (χ4v) is 2.61. The molecule has 0 saturated heterocycles. The lowest BCUT2D eigenvalue weighted by Gasteiger charge is -2.09. The Morgan fingerprint density at radius 3 is 2.32 bits per heavy atom. The molecule has 0 heterocycles. The van der Waals surface area contributed by atoms with E-state index in [1.165, 1.54) is 0 Å². The van der Waals surface area contributed by atoms with Crippen molar-refractivity contribution >= 4 is 27.7 Å². The van der Waals surface area contributed by atoms with Crippen molar-refractivity contribution in [2.45, 2.75) is 26.2 Å². The molecule has 2 amide bonds. The number of nitrogens with one attached hydrogen (secondary N) is 2. The molecule has 6 heteroatoms. The van der Waals surface area contributed by atoms with Crippen LogP contribution in [0.4, 0.5) is 0 Å². The molecule has 2 aromatic rings. The summed E-state index contributed by atoms with van der Waals surface area (Å²) in [5.74, 6) is -0.0560. The third-order valence-electron chi connectivity index (χ3n) is 3.54. The van der Waals surface area contributed by atoms with Gasteiger partial charge in [0.25, 0.3) is 11.8 Å². The number of hydrogen-bond acceptors (Lipinski definition) is 3. The summed E-state index contributed by atoms with van der Waals surface area (Å²) in [5, 5.41) is 0. The minimum Gasteiger partial charge on any atom is -0.494 e. The van der Waals surface area contributed by atoms with Gasteiger partial charge in [0, 0.05) is 10.0 Å². The number of hydrazine groups is 1. The summed E-state index contributed by atoms with van der Waals surface area (Å²) in [6.07, 6.45) is 3.30. The number of carbonyl (C=O) groups is 2. The topological polar surface area (TPSA) is 67.4 Å². The summed E-state index contributed by atoms with van der Waals surface area (Å²) in [7, 11) is 0. The van der Waals surface area contributed by atoms with Gasteiger partial charge in [-0.2, -0.15) is 0 Å². The van der Waals surface area contributed by atoms with Crippen LogP contribution < -0.4 is 15.6 Å². The SMILES string of the molecule is CCCCCOc1ccc(C(=O)NNC(=O)c2ccccc2Br)cc1. The van der Waals surface area contributed by atoms with E-state index in [2.05, 4.69) is 33.7 Å². The Labute approximate surface area is 155 Å². The minimum absolute atomic E-state index is 0.391. The van der Waals surface area contributed by atoms with Crippen molar-refractivity contribution in [2.24, 2.45) is 0 Å². The van der Waals surface area contributed by atoms with Crippen molar-refractivity contribution in [3.8, 4) is 5.75 Å². The maximum atomic E-state index is 12.1. The number of carbonyl (C=O) groups excluding carboxylic acids is 2. The van der Waals surface area contributed by atoms with E-state index in [4.69, 9.17) is 4.74 Å². The van der Waals surface area contributed by atoms with Crippen LogP contribution in [-0.2, 0) is 0 Å². The Balaban J connectivity index is 1.84. The van der Waals surface area contributed by atoms with Gasteiger partial charge in [0.15, 0.2) is 0 Å². The molecule has 132 valence electrons. The zero-order valence-electron chi connectivity index (χ0n) is 14.0. The first-order valence-electron chi connectivity index (χ1n) is 8.20. The maximum Gasteiger partial charge on any atom is 0.270 e. The van der Waals surface area contributed by atoms with Gasteiger partial charge in [0.05, 0.1) is 12.2 Å². The molecule has 0 radical (unpaired) electrons. The van der Waals surface area contributed by atoms with Crippen LogP contribution in [0.5, 0.6) is 5.75 Å². The number of hydrogen-bond donors (Lipinski definition) is 2. The monoisotopic (exact) mass is 404 g/mol. The third kappa shape index (κ3) is 5.90. The summed E-state index contributed by atoms with van der Waals surface area (Å²) < 4.78 is 6.26. The molecule has 25 heavy (non-hydrogen) atoms. The Hall–Kier alpha value is -2.34. The molecule has 0 aliphatic rings. The maximum absolute atomic E-state index is 12.1. The summed E-state index contributed by atoms with van der Waals surface area (Å²) in [5.41, 5.74) is 5.69. The van der Waals surface area contributed by atoms with E-state index in [9.17, 15) is 9.59 Å². The number of ether oxygens (including phenoxy) is 1. The van der Waals surface area contributed by atoms with Gasteiger partial charge in [0.2, 0.25) is 0 Å². The number of amides is 2. The molecule has 0 spiro atoms. The highest BCUT2D eigenvalue weighted by atomic mass is 79.9. The zero-order chi connectivity index (χ0) is 18.1. The van der Waals surface area contributed by atoms with Gasteiger partial charge in [-0.3, -0.25) is 20.4 Å². The molecule has 2 rings (SSSR count). The van der Waals surface area contributed by atoms with Crippen molar-refractivity contribution in [1.29, 1.82) is 0 Å². The van der Waals surface area contributed by atoms with E-state index in [0.29, 0.717) is 22.2 Å². The van der Waals surface area contributed by atoms with E-state index < -0.39 is 11.8 Å². The molecule has 2 aromatic carbocycles. The lowest BCUT2D eigenvalue weighted by atomic mass is 10.2. The lowest BCUT2D eigenvalue weighted by molar-refractivity contribution is 0.0846. The van der Waals surface area contributed by atoms with Crippen LogP contribution in [0.2, 0.25) is 0 Å². The van der Waals surface area contributed by atoms with Crippen LogP contribution in [0.25, 0.3) is 0 Å². The van der Waals surface area contributed by atoms with Gasteiger partial charge in [-0.1, -0.05) is 31.9 Å². The Kier molecular flexibility index (Phi) is 7.47. The smallest absolute Gasteiger partial charge is 0.270 e. The molecule has 5 nitrogen and oxygen atoms in total. The van der Waals surface area contributed by atoms with Crippen molar-refractivity contribution in [3.63, 3.8) is 0 Å². The molecule has 0 atom stereocenters. The molecule has 0 aromatic heterocycles. The van der Waals surface area contributed by atoms with Crippen LogP contribution in [-0.4, -0.2) is 18.4 Å². The third-order valence-corrected chi connectivity index (χ3v) is 4.23. The van der Waals surface area contributed by atoms with Crippen molar-refractivity contribution in [1.82, 2.24) is 10.9 Å². The Bertz CT molecular complexity index is 717. The van der Waals surface area contributed by atoms with Gasteiger partial charge in [-0.05, 0) is 58.7 Å². The number of unbranched alkanes of at least 4 members (excludes halogenated alkanes) is 2. The second-order valence-electron chi connectivity index (χ2n) is 5.47. The predicted octanol–water partition coefficient (Wildman–Crippen LogP) is 4.09.